The molecule has 37 heavy (non-hydrogen) atoms. The zero-order valence-corrected chi connectivity index (χ0v) is 20.4. The maximum absolute atomic E-state index is 13.7. The van der Waals surface area contributed by atoms with Gasteiger partial charge in [0.1, 0.15) is 6.04 Å². The first-order valence-electron chi connectivity index (χ1n) is 12.1. The van der Waals surface area contributed by atoms with Gasteiger partial charge in [0.15, 0.2) is 17.3 Å². The van der Waals surface area contributed by atoms with E-state index in [1.165, 1.54) is 6.92 Å². The number of benzene rings is 2. The molecule has 0 unspecified atom stereocenters. The topological polar surface area (TPSA) is 98.3 Å². The number of Topliss-reactive ketones (excluding diaryl/α,β-unsaturated/α-hetero) is 1. The maximum atomic E-state index is 13.7. The molecule has 9 nitrogen and oxygen atoms in total. The second kappa shape index (κ2) is 8.92. The number of fused-ring (bicyclic) bond motifs is 3. The molecule has 1 fully saturated rings. The van der Waals surface area contributed by atoms with E-state index in [1.54, 1.807) is 59.6 Å². The van der Waals surface area contributed by atoms with Crippen molar-refractivity contribution in [3.05, 3.63) is 83.2 Å². The Morgan fingerprint density at radius 3 is 2.65 bits per heavy atom. The van der Waals surface area contributed by atoms with Crippen molar-refractivity contribution in [2.24, 2.45) is 0 Å². The van der Waals surface area contributed by atoms with Gasteiger partial charge in [-0.25, -0.2) is 0 Å². The molecule has 3 aromatic rings. The second-order valence-corrected chi connectivity index (χ2v) is 9.34. The van der Waals surface area contributed by atoms with Crippen molar-refractivity contribution in [1.29, 1.82) is 0 Å². The van der Waals surface area contributed by atoms with Crippen molar-refractivity contribution in [2.45, 2.75) is 24.9 Å². The van der Waals surface area contributed by atoms with Crippen LogP contribution in [0.1, 0.15) is 44.7 Å². The number of carbonyl (C=O) groups excluding carboxylic acids is 3. The van der Waals surface area contributed by atoms with Gasteiger partial charge in [-0.1, -0.05) is 30.3 Å². The standard InChI is InChI=1S/C28H25N3O6/c1-16(32)30-13-21-25(18-10-23(35-2)27-24(11-18)36-15-37-27)20-12-29-9-8-19(20)28(34)31(21)14-22(30)26(33)17-6-4-3-5-7-17/h3-12,21-22,25H,13-15H2,1-2H3/t21-,22-,25+/m1/s1. The number of aromatic nitrogens is 1. The van der Waals surface area contributed by atoms with Crippen molar-refractivity contribution in [3.63, 3.8) is 0 Å². The first kappa shape index (κ1) is 23.0. The van der Waals surface area contributed by atoms with E-state index in [0.717, 1.165) is 11.1 Å². The summed E-state index contributed by atoms with van der Waals surface area (Å²) in [5, 5.41) is 0. The van der Waals surface area contributed by atoms with Gasteiger partial charge < -0.3 is 24.0 Å². The molecule has 3 aliphatic heterocycles. The summed E-state index contributed by atoms with van der Waals surface area (Å²) in [5.74, 6) is 0.683. The zero-order chi connectivity index (χ0) is 25.7. The molecule has 6 rings (SSSR count). The number of piperazine rings is 1. The third kappa shape index (κ3) is 3.69. The molecule has 2 aromatic carbocycles. The number of carbonyl (C=O) groups is 3. The predicted molar refractivity (Wildman–Crippen MR) is 132 cm³/mol. The minimum Gasteiger partial charge on any atom is -0.493 e. The second-order valence-electron chi connectivity index (χ2n) is 9.34. The van der Waals surface area contributed by atoms with Crippen LogP contribution in [0.3, 0.4) is 0 Å². The molecule has 0 radical (unpaired) electrons. The van der Waals surface area contributed by atoms with Gasteiger partial charge in [-0.3, -0.25) is 19.4 Å². The summed E-state index contributed by atoms with van der Waals surface area (Å²) < 4.78 is 16.8. The first-order valence-corrected chi connectivity index (χ1v) is 12.1. The van der Waals surface area contributed by atoms with Crippen LogP contribution in [-0.4, -0.2) is 71.5 Å². The van der Waals surface area contributed by atoms with E-state index in [0.29, 0.717) is 28.4 Å². The smallest absolute Gasteiger partial charge is 0.254 e. The third-order valence-electron chi connectivity index (χ3n) is 7.40. The van der Waals surface area contributed by atoms with E-state index in [1.807, 2.05) is 18.2 Å². The number of ketones is 1. The summed E-state index contributed by atoms with van der Waals surface area (Å²) in [6.45, 7) is 1.84. The molecule has 3 aliphatic rings. The minimum atomic E-state index is -0.782. The van der Waals surface area contributed by atoms with E-state index >= 15 is 0 Å². The number of ether oxygens (including phenoxy) is 3. The molecule has 1 saturated heterocycles. The highest BCUT2D eigenvalue weighted by Gasteiger charge is 2.49. The fraction of sp³-hybridized carbons (Fsp3) is 0.286. The summed E-state index contributed by atoms with van der Waals surface area (Å²) in [4.78, 5) is 47.7. The summed E-state index contributed by atoms with van der Waals surface area (Å²) in [6, 6.07) is 13.1. The molecule has 0 spiro atoms. The summed E-state index contributed by atoms with van der Waals surface area (Å²) >= 11 is 0. The van der Waals surface area contributed by atoms with Crippen LogP contribution in [0.5, 0.6) is 17.2 Å². The molecular weight excluding hydrogens is 474 g/mol. The van der Waals surface area contributed by atoms with E-state index in [4.69, 9.17) is 14.2 Å². The van der Waals surface area contributed by atoms with Crippen molar-refractivity contribution in [3.8, 4) is 17.2 Å². The molecule has 0 aliphatic carbocycles. The van der Waals surface area contributed by atoms with Gasteiger partial charge >= 0.3 is 0 Å². The van der Waals surface area contributed by atoms with Crippen LogP contribution >= 0.6 is 0 Å². The zero-order valence-electron chi connectivity index (χ0n) is 20.4. The van der Waals surface area contributed by atoms with Gasteiger partial charge in [-0.05, 0) is 29.3 Å². The van der Waals surface area contributed by atoms with Crippen molar-refractivity contribution < 1.29 is 28.6 Å². The Kier molecular flexibility index (Phi) is 5.55. The monoisotopic (exact) mass is 499 g/mol. The van der Waals surface area contributed by atoms with Crippen LogP contribution in [0.2, 0.25) is 0 Å². The summed E-state index contributed by atoms with van der Waals surface area (Å²) in [7, 11) is 1.56. The van der Waals surface area contributed by atoms with Crippen molar-refractivity contribution >= 4 is 17.6 Å². The summed E-state index contributed by atoms with van der Waals surface area (Å²) in [5.41, 5.74) is 2.62. The third-order valence-corrected chi connectivity index (χ3v) is 7.40. The minimum absolute atomic E-state index is 0.0907. The summed E-state index contributed by atoms with van der Waals surface area (Å²) in [6.07, 6.45) is 3.29. The van der Waals surface area contributed by atoms with Gasteiger partial charge in [0.2, 0.25) is 18.4 Å². The number of amides is 2. The maximum Gasteiger partial charge on any atom is 0.254 e. The fourth-order valence-electron chi connectivity index (χ4n) is 5.68. The van der Waals surface area contributed by atoms with E-state index in [9.17, 15) is 14.4 Å². The highest BCUT2D eigenvalue weighted by molar-refractivity contribution is 6.03. The Hall–Kier alpha value is -4.40. The SMILES string of the molecule is COc1cc([C@H]2c3cnccc3C(=O)N3C[C@H](C(=O)c4ccccc4)N(C(C)=O)C[C@H]23)cc2c1OCO2. The number of hydrogen-bond donors (Lipinski definition) is 0. The van der Waals surface area contributed by atoms with E-state index in [2.05, 4.69) is 4.98 Å². The van der Waals surface area contributed by atoms with E-state index < -0.39 is 12.1 Å². The Labute approximate surface area is 213 Å². The fourth-order valence-corrected chi connectivity index (χ4v) is 5.68. The molecule has 2 amide bonds. The lowest BCUT2D eigenvalue weighted by Gasteiger charge is -2.50. The first-order chi connectivity index (χ1) is 18.0. The average molecular weight is 500 g/mol. The van der Waals surface area contributed by atoms with Crippen molar-refractivity contribution in [1.82, 2.24) is 14.8 Å². The molecule has 9 heteroatoms. The van der Waals surface area contributed by atoms with Crippen LogP contribution in [0.4, 0.5) is 0 Å². The molecule has 3 atom stereocenters. The highest BCUT2D eigenvalue weighted by Crippen LogP contribution is 2.47. The quantitative estimate of drug-likeness (QED) is 0.509. The lowest BCUT2D eigenvalue weighted by atomic mass is 9.77. The average Bonchev–Trinajstić information content (AvgIpc) is 3.41. The van der Waals surface area contributed by atoms with Crippen LogP contribution in [-0.2, 0) is 4.79 Å². The Morgan fingerprint density at radius 1 is 1.08 bits per heavy atom. The Bertz CT molecular complexity index is 1410. The molecule has 188 valence electrons. The normalized spacial score (nSPS) is 21.8. The highest BCUT2D eigenvalue weighted by atomic mass is 16.7. The van der Waals surface area contributed by atoms with Gasteiger partial charge in [0.05, 0.1) is 13.2 Å². The van der Waals surface area contributed by atoms with Gasteiger partial charge in [0, 0.05) is 49.5 Å². The van der Waals surface area contributed by atoms with Gasteiger partial charge in [-0.15, -0.1) is 0 Å². The van der Waals surface area contributed by atoms with Gasteiger partial charge in [0.25, 0.3) is 5.91 Å². The predicted octanol–water partition coefficient (Wildman–Crippen LogP) is 2.89. The van der Waals surface area contributed by atoms with Crippen LogP contribution in [0, 0.1) is 0 Å². The van der Waals surface area contributed by atoms with Crippen molar-refractivity contribution in [2.75, 3.05) is 27.0 Å². The number of pyridine rings is 1. The molecule has 4 heterocycles. The van der Waals surface area contributed by atoms with Crippen LogP contribution in [0.25, 0.3) is 0 Å². The lowest BCUT2D eigenvalue weighted by molar-refractivity contribution is -0.133. The van der Waals surface area contributed by atoms with Crippen LogP contribution < -0.4 is 14.2 Å². The molecule has 0 N–H and O–H groups in total. The Balaban J connectivity index is 1.47. The number of rotatable bonds is 4. The van der Waals surface area contributed by atoms with Crippen LogP contribution in [0.15, 0.2) is 60.9 Å². The largest absolute Gasteiger partial charge is 0.493 e. The molecule has 0 bridgehead atoms. The van der Waals surface area contributed by atoms with E-state index in [-0.39, 0.29) is 43.4 Å². The number of hydrogen-bond acceptors (Lipinski definition) is 7. The number of methoxy groups -OCH3 is 1. The molecular formula is C28H25N3O6. The lowest BCUT2D eigenvalue weighted by Crippen LogP contribution is -2.66. The Morgan fingerprint density at radius 2 is 1.89 bits per heavy atom. The number of nitrogens with zero attached hydrogens (tertiary/aromatic N) is 3. The van der Waals surface area contributed by atoms with Gasteiger partial charge in [-0.2, -0.15) is 0 Å². The molecule has 0 saturated carbocycles. The molecule has 1 aromatic heterocycles.